The summed E-state index contributed by atoms with van der Waals surface area (Å²) in [7, 11) is 1.62. The number of rotatable bonds is 14. The fourth-order valence-corrected chi connectivity index (χ4v) is 4.56. The number of benzene rings is 3. The van der Waals surface area contributed by atoms with Crippen LogP contribution in [0, 0.1) is 5.82 Å². The average molecular weight is 579 g/mol. The summed E-state index contributed by atoms with van der Waals surface area (Å²) in [6.07, 6.45) is 1.99. The number of methoxy groups -OCH3 is 1. The molecule has 0 aliphatic carbocycles. The van der Waals surface area contributed by atoms with E-state index < -0.39 is 17.7 Å². The van der Waals surface area contributed by atoms with Crippen molar-refractivity contribution in [1.29, 1.82) is 0 Å². The monoisotopic (exact) mass is 578 g/mol. The first-order chi connectivity index (χ1) is 20.1. The first-order valence-electron chi connectivity index (χ1n) is 14.5. The number of ether oxygens (including phenoxy) is 3. The molecule has 0 unspecified atom stereocenters. The molecule has 3 rings (SSSR count). The van der Waals surface area contributed by atoms with Crippen molar-refractivity contribution >= 4 is 12.0 Å². The Bertz CT molecular complexity index is 1310. The summed E-state index contributed by atoms with van der Waals surface area (Å²) >= 11 is 0. The van der Waals surface area contributed by atoms with Gasteiger partial charge in [0.2, 0.25) is 0 Å². The first-order valence-corrected chi connectivity index (χ1v) is 14.5. The minimum atomic E-state index is -0.642. The minimum Gasteiger partial charge on any atom is -0.493 e. The van der Waals surface area contributed by atoms with Crippen molar-refractivity contribution in [3.05, 3.63) is 89.2 Å². The molecule has 0 bridgehead atoms. The molecule has 2 amide bonds. The number of aryl methyl sites for hydroxylation is 1. The molecule has 2 N–H and O–H groups in total. The summed E-state index contributed by atoms with van der Waals surface area (Å²) in [5.41, 5.74) is 2.62. The van der Waals surface area contributed by atoms with E-state index in [1.54, 1.807) is 52.1 Å². The fraction of sp³-hybridized carbons (Fsp3) is 0.412. The lowest BCUT2D eigenvalue weighted by molar-refractivity contribution is 0.0519. The van der Waals surface area contributed by atoms with Gasteiger partial charge in [-0.05, 0) is 62.9 Å². The van der Waals surface area contributed by atoms with Gasteiger partial charge in [-0.2, -0.15) is 0 Å². The second-order valence-corrected chi connectivity index (χ2v) is 11.2. The predicted octanol–water partition coefficient (Wildman–Crippen LogP) is 6.73. The van der Waals surface area contributed by atoms with Crippen LogP contribution < -0.4 is 15.4 Å². The highest BCUT2D eigenvalue weighted by Crippen LogP contribution is 2.35. The van der Waals surface area contributed by atoms with Gasteiger partial charge in [-0.1, -0.05) is 61.9 Å². The maximum atomic E-state index is 14.9. The molecule has 0 aromatic heterocycles. The minimum absolute atomic E-state index is 0.173. The summed E-state index contributed by atoms with van der Waals surface area (Å²) < 4.78 is 31.5. The zero-order valence-electron chi connectivity index (χ0n) is 25.3. The van der Waals surface area contributed by atoms with Gasteiger partial charge < -0.3 is 24.8 Å². The molecule has 42 heavy (non-hydrogen) atoms. The van der Waals surface area contributed by atoms with Crippen molar-refractivity contribution in [3.8, 4) is 16.9 Å². The maximum absolute atomic E-state index is 14.9. The van der Waals surface area contributed by atoms with Gasteiger partial charge in [-0.15, -0.1) is 0 Å². The second kappa shape index (κ2) is 15.9. The van der Waals surface area contributed by atoms with Crippen LogP contribution in [0.25, 0.3) is 11.1 Å². The van der Waals surface area contributed by atoms with Crippen LogP contribution in [0.1, 0.15) is 62.0 Å². The van der Waals surface area contributed by atoms with Gasteiger partial charge in [-0.3, -0.25) is 4.79 Å². The molecule has 0 spiro atoms. The van der Waals surface area contributed by atoms with Crippen LogP contribution in [0.15, 0.2) is 66.7 Å². The number of hydrogen-bond donors (Lipinski definition) is 2. The van der Waals surface area contributed by atoms with Crippen molar-refractivity contribution in [3.63, 3.8) is 0 Å². The van der Waals surface area contributed by atoms with Crippen molar-refractivity contribution < 1.29 is 28.2 Å². The summed E-state index contributed by atoms with van der Waals surface area (Å²) in [6, 6.07) is 19.4. The zero-order chi connectivity index (χ0) is 30.5. The maximum Gasteiger partial charge on any atom is 0.407 e. The highest BCUT2D eigenvalue weighted by Gasteiger charge is 2.23. The third-order valence-corrected chi connectivity index (χ3v) is 6.44. The Kier molecular flexibility index (Phi) is 12.4. The van der Waals surface area contributed by atoms with Crippen LogP contribution in [-0.4, -0.2) is 50.5 Å². The van der Waals surface area contributed by atoms with Gasteiger partial charge >= 0.3 is 6.09 Å². The third kappa shape index (κ3) is 10.2. The highest BCUT2D eigenvalue weighted by atomic mass is 19.1. The molecule has 3 aromatic rings. The molecule has 0 heterocycles. The van der Waals surface area contributed by atoms with Gasteiger partial charge in [0.25, 0.3) is 5.91 Å². The van der Waals surface area contributed by atoms with E-state index in [0.29, 0.717) is 54.9 Å². The van der Waals surface area contributed by atoms with E-state index in [4.69, 9.17) is 14.2 Å². The third-order valence-electron chi connectivity index (χ3n) is 6.44. The van der Waals surface area contributed by atoms with Crippen LogP contribution in [0.5, 0.6) is 5.75 Å². The van der Waals surface area contributed by atoms with Crippen LogP contribution in [0.2, 0.25) is 0 Å². The van der Waals surface area contributed by atoms with E-state index >= 15 is 0 Å². The summed E-state index contributed by atoms with van der Waals surface area (Å²) in [5, 5.41) is 5.90. The highest BCUT2D eigenvalue weighted by molar-refractivity contribution is 5.97. The Labute approximate surface area is 248 Å². The normalized spacial score (nSPS) is 12.0. The van der Waals surface area contributed by atoms with E-state index in [2.05, 4.69) is 10.6 Å². The van der Waals surface area contributed by atoms with Gasteiger partial charge in [-0.25, -0.2) is 9.18 Å². The molecular formula is C34H43FN2O5. The molecule has 0 radical (unpaired) electrons. The molecule has 8 heteroatoms. The molecule has 0 fully saturated rings. The van der Waals surface area contributed by atoms with Crippen LogP contribution in [0.4, 0.5) is 9.18 Å². The molecule has 7 nitrogen and oxygen atoms in total. The molecule has 1 atom stereocenters. The largest absolute Gasteiger partial charge is 0.493 e. The van der Waals surface area contributed by atoms with Gasteiger partial charge in [0.05, 0.1) is 12.6 Å². The van der Waals surface area contributed by atoms with E-state index in [9.17, 15) is 14.0 Å². The Hall–Kier alpha value is -3.91. The number of carbonyl (C=O) groups excluding carboxylic acids is 2. The predicted molar refractivity (Wildman–Crippen MR) is 163 cm³/mol. The molecule has 0 aliphatic heterocycles. The number of alkyl carbamates (subject to hydrolysis) is 1. The van der Waals surface area contributed by atoms with Crippen molar-refractivity contribution in [2.75, 3.05) is 26.9 Å². The van der Waals surface area contributed by atoms with E-state index in [1.165, 1.54) is 6.07 Å². The Balaban J connectivity index is 1.94. The Morgan fingerprint density at radius 2 is 1.67 bits per heavy atom. The Morgan fingerprint density at radius 1 is 0.952 bits per heavy atom. The van der Waals surface area contributed by atoms with E-state index in [0.717, 1.165) is 17.5 Å². The van der Waals surface area contributed by atoms with E-state index in [-0.39, 0.29) is 18.3 Å². The summed E-state index contributed by atoms with van der Waals surface area (Å²) in [6.45, 7) is 8.46. The molecular weight excluding hydrogens is 535 g/mol. The fourth-order valence-electron chi connectivity index (χ4n) is 4.56. The van der Waals surface area contributed by atoms with E-state index in [1.807, 2.05) is 43.3 Å². The van der Waals surface area contributed by atoms with Crippen molar-refractivity contribution in [2.45, 2.75) is 65.0 Å². The number of hydrogen-bond acceptors (Lipinski definition) is 5. The second-order valence-electron chi connectivity index (χ2n) is 11.2. The first kappa shape index (κ1) is 32.6. The molecule has 0 saturated heterocycles. The Morgan fingerprint density at radius 3 is 2.33 bits per heavy atom. The average Bonchev–Trinajstić information content (AvgIpc) is 2.94. The number of halogens is 1. The lowest BCUT2D eigenvalue weighted by Crippen LogP contribution is -2.46. The van der Waals surface area contributed by atoms with Crippen molar-refractivity contribution in [2.24, 2.45) is 0 Å². The van der Waals surface area contributed by atoms with Crippen LogP contribution >= 0.6 is 0 Å². The number of carbonyl (C=O) groups is 2. The number of amides is 2. The smallest absolute Gasteiger partial charge is 0.407 e. The SMILES string of the molecule is CCCc1cc(-c2ccccc2F)c(OCCCOC)cc1C(=O)N[C@@H](CNC(=O)OC(C)(C)C)Cc1ccccc1. The zero-order valence-corrected chi connectivity index (χ0v) is 25.3. The van der Waals surface area contributed by atoms with Gasteiger partial charge in [0.15, 0.2) is 0 Å². The quantitative estimate of drug-likeness (QED) is 0.207. The van der Waals surface area contributed by atoms with Crippen molar-refractivity contribution in [1.82, 2.24) is 10.6 Å². The topological polar surface area (TPSA) is 85.9 Å². The summed E-state index contributed by atoms with van der Waals surface area (Å²) in [4.78, 5) is 26.3. The van der Waals surface area contributed by atoms with Crippen LogP contribution in [-0.2, 0) is 22.3 Å². The summed E-state index contributed by atoms with van der Waals surface area (Å²) in [5.74, 6) is -0.241. The molecule has 226 valence electrons. The van der Waals surface area contributed by atoms with Crippen LogP contribution in [0.3, 0.4) is 0 Å². The number of nitrogens with one attached hydrogen (secondary N) is 2. The standard InChI is InChI=1S/C34H43FN2O5/c1-6-13-25-21-29(27-16-10-11-17-30(27)35)31(41-19-12-18-40-5)22-28(25)32(38)37-26(20-24-14-8-7-9-15-24)23-36-33(39)42-34(2,3)4/h7-11,14-17,21-22,26H,6,12-13,18-20,23H2,1-5H3,(H,36,39)(H,37,38)/t26-/m1/s1. The lowest BCUT2D eigenvalue weighted by atomic mass is 9.94. The van der Waals surface area contributed by atoms with Gasteiger partial charge in [0, 0.05) is 43.4 Å². The molecule has 0 saturated carbocycles. The van der Waals surface area contributed by atoms with Gasteiger partial charge in [0.1, 0.15) is 17.2 Å². The molecule has 3 aromatic carbocycles. The lowest BCUT2D eigenvalue weighted by Gasteiger charge is -2.24. The molecule has 0 aliphatic rings.